The first-order chi connectivity index (χ1) is 11.7. The summed E-state index contributed by atoms with van der Waals surface area (Å²) in [5, 5.41) is 0. The Hall–Kier alpha value is -2.51. The van der Waals surface area contributed by atoms with Gasteiger partial charge in [-0.2, -0.15) is 0 Å². The number of hydrogen-bond donors (Lipinski definition) is 1. The van der Waals surface area contributed by atoms with Gasteiger partial charge in [0.2, 0.25) is 11.8 Å². The van der Waals surface area contributed by atoms with Crippen molar-refractivity contribution in [2.24, 2.45) is 11.7 Å². The van der Waals surface area contributed by atoms with Crippen molar-refractivity contribution in [1.29, 1.82) is 0 Å². The first kappa shape index (κ1) is 18.8. The molecule has 2 N–H and O–H groups in total. The van der Waals surface area contributed by atoms with Gasteiger partial charge in [0.05, 0.1) is 5.92 Å². The van der Waals surface area contributed by atoms with Crippen molar-refractivity contribution in [3.8, 4) is 5.75 Å². The smallest absolute Gasteiger partial charge is 0.405 e. The number of carbonyl (C=O) groups excluding carboxylic acids is 2. The van der Waals surface area contributed by atoms with Gasteiger partial charge in [-0.1, -0.05) is 18.2 Å². The van der Waals surface area contributed by atoms with Crippen LogP contribution in [-0.2, 0) is 9.59 Å². The SMILES string of the molecule is C[C@@H]1CC[C@@H](C(N)=O)CN1C(=O)/C=C\c1ccccc1OC(F)(F)F. The van der Waals surface area contributed by atoms with E-state index < -0.39 is 18.2 Å². The molecule has 5 nitrogen and oxygen atoms in total. The number of alkyl halides is 3. The van der Waals surface area contributed by atoms with Crippen molar-refractivity contribution < 1.29 is 27.5 Å². The van der Waals surface area contributed by atoms with E-state index in [1.54, 1.807) is 6.07 Å². The predicted molar refractivity (Wildman–Crippen MR) is 85.3 cm³/mol. The molecule has 1 fully saturated rings. The molecular weight excluding hydrogens is 337 g/mol. The van der Waals surface area contributed by atoms with E-state index in [1.807, 2.05) is 6.92 Å². The minimum Gasteiger partial charge on any atom is -0.405 e. The van der Waals surface area contributed by atoms with Gasteiger partial charge in [-0.15, -0.1) is 13.2 Å². The number of likely N-dealkylation sites (tertiary alicyclic amines) is 1. The van der Waals surface area contributed by atoms with Crippen molar-refractivity contribution >= 4 is 17.9 Å². The zero-order valence-corrected chi connectivity index (χ0v) is 13.6. The number of benzene rings is 1. The standard InChI is InChI=1S/C17H19F3N2O3/c1-11-6-7-13(16(21)24)10-22(11)15(23)9-8-12-4-2-3-5-14(12)25-17(18,19)20/h2-5,8-9,11,13H,6-7,10H2,1H3,(H2,21,24)/b9-8-/t11-,13-/m1/s1. The molecule has 0 saturated carbocycles. The summed E-state index contributed by atoms with van der Waals surface area (Å²) in [6.45, 7) is 2.06. The fourth-order valence-electron chi connectivity index (χ4n) is 2.74. The quantitative estimate of drug-likeness (QED) is 0.843. The van der Waals surface area contributed by atoms with Crippen molar-refractivity contribution in [3.05, 3.63) is 35.9 Å². The lowest BCUT2D eigenvalue weighted by atomic mass is 9.93. The van der Waals surface area contributed by atoms with Crippen LogP contribution in [0.5, 0.6) is 5.75 Å². The molecule has 2 rings (SSSR count). The highest BCUT2D eigenvalue weighted by atomic mass is 19.4. The summed E-state index contributed by atoms with van der Waals surface area (Å²) in [5.41, 5.74) is 5.43. The first-order valence-corrected chi connectivity index (χ1v) is 7.80. The van der Waals surface area contributed by atoms with Crippen LogP contribution in [0.15, 0.2) is 30.3 Å². The van der Waals surface area contributed by atoms with E-state index in [0.29, 0.717) is 12.8 Å². The summed E-state index contributed by atoms with van der Waals surface area (Å²) in [7, 11) is 0. The largest absolute Gasteiger partial charge is 0.573 e. The molecule has 1 aliphatic heterocycles. The van der Waals surface area contributed by atoms with Crippen LogP contribution in [0.3, 0.4) is 0 Å². The summed E-state index contributed by atoms with van der Waals surface area (Å²) in [6, 6.07) is 5.46. The van der Waals surface area contributed by atoms with Crippen LogP contribution in [0.4, 0.5) is 13.2 Å². The summed E-state index contributed by atoms with van der Waals surface area (Å²) < 4.78 is 41.2. The van der Waals surface area contributed by atoms with Crippen molar-refractivity contribution in [1.82, 2.24) is 4.90 Å². The number of amides is 2. The third-order valence-corrected chi connectivity index (χ3v) is 4.12. The van der Waals surface area contributed by atoms with Gasteiger partial charge in [0.1, 0.15) is 5.75 Å². The molecule has 0 spiro atoms. The van der Waals surface area contributed by atoms with Gasteiger partial charge in [0, 0.05) is 24.2 Å². The highest BCUT2D eigenvalue weighted by Crippen LogP contribution is 2.27. The molecule has 1 aliphatic rings. The number of primary amides is 1. The van der Waals surface area contributed by atoms with Crippen LogP contribution < -0.4 is 10.5 Å². The van der Waals surface area contributed by atoms with Crippen LogP contribution in [0.1, 0.15) is 25.3 Å². The third kappa shape index (κ3) is 5.23. The van der Waals surface area contributed by atoms with E-state index in [1.165, 1.54) is 35.3 Å². The third-order valence-electron chi connectivity index (χ3n) is 4.12. The predicted octanol–water partition coefficient (Wildman–Crippen LogP) is 2.71. The van der Waals surface area contributed by atoms with Gasteiger partial charge in [0.25, 0.3) is 0 Å². The zero-order valence-electron chi connectivity index (χ0n) is 13.6. The van der Waals surface area contributed by atoms with E-state index in [9.17, 15) is 22.8 Å². The van der Waals surface area contributed by atoms with Gasteiger partial charge in [0.15, 0.2) is 0 Å². The minimum atomic E-state index is -4.82. The summed E-state index contributed by atoms with van der Waals surface area (Å²) in [4.78, 5) is 25.2. The number of ether oxygens (including phenoxy) is 1. The molecule has 1 heterocycles. The lowest BCUT2D eigenvalue weighted by Gasteiger charge is -2.36. The zero-order chi connectivity index (χ0) is 18.6. The maximum absolute atomic E-state index is 12.4. The van der Waals surface area contributed by atoms with E-state index in [-0.39, 0.29) is 29.8 Å². The summed E-state index contributed by atoms with van der Waals surface area (Å²) in [5.74, 6) is -1.65. The molecule has 1 aromatic carbocycles. The summed E-state index contributed by atoms with van der Waals surface area (Å²) in [6.07, 6.45) is -1.11. The summed E-state index contributed by atoms with van der Waals surface area (Å²) >= 11 is 0. The molecular formula is C17H19F3N2O3. The number of para-hydroxylation sites is 1. The molecule has 0 bridgehead atoms. The molecule has 1 saturated heterocycles. The molecule has 2 atom stereocenters. The van der Waals surface area contributed by atoms with Crippen LogP contribution >= 0.6 is 0 Å². The fraction of sp³-hybridized carbons (Fsp3) is 0.412. The second-order valence-corrected chi connectivity index (χ2v) is 5.94. The molecule has 25 heavy (non-hydrogen) atoms. The Labute approximate surface area is 143 Å². The number of nitrogens with zero attached hydrogens (tertiary/aromatic N) is 1. The van der Waals surface area contributed by atoms with Crippen molar-refractivity contribution in [2.45, 2.75) is 32.2 Å². The Balaban J connectivity index is 2.13. The van der Waals surface area contributed by atoms with Crippen LogP contribution in [0.2, 0.25) is 0 Å². The van der Waals surface area contributed by atoms with Crippen LogP contribution in [0, 0.1) is 5.92 Å². The molecule has 0 unspecified atom stereocenters. The Morgan fingerprint density at radius 2 is 1.96 bits per heavy atom. The highest BCUT2D eigenvalue weighted by Gasteiger charge is 2.32. The average molecular weight is 356 g/mol. The van der Waals surface area contributed by atoms with Gasteiger partial charge in [-0.25, -0.2) is 0 Å². The normalized spacial score (nSPS) is 21.4. The topological polar surface area (TPSA) is 72.6 Å². The van der Waals surface area contributed by atoms with E-state index >= 15 is 0 Å². The maximum Gasteiger partial charge on any atom is 0.573 e. The molecule has 0 aromatic heterocycles. The second-order valence-electron chi connectivity index (χ2n) is 5.94. The molecule has 2 amide bonds. The minimum absolute atomic E-state index is 0.0746. The van der Waals surface area contributed by atoms with E-state index in [4.69, 9.17) is 5.73 Å². The van der Waals surface area contributed by atoms with Gasteiger partial charge < -0.3 is 15.4 Å². The molecule has 0 aliphatic carbocycles. The Kier molecular flexibility index (Phi) is 5.71. The molecule has 1 aromatic rings. The number of hydrogen-bond acceptors (Lipinski definition) is 3. The number of nitrogens with two attached hydrogens (primary N) is 1. The second kappa shape index (κ2) is 7.58. The van der Waals surface area contributed by atoms with Crippen molar-refractivity contribution in [3.63, 3.8) is 0 Å². The van der Waals surface area contributed by atoms with Crippen molar-refractivity contribution in [2.75, 3.05) is 6.54 Å². The number of halogens is 3. The van der Waals surface area contributed by atoms with E-state index in [0.717, 1.165) is 0 Å². The lowest BCUT2D eigenvalue weighted by Crippen LogP contribution is -2.48. The highest BCUT2D eigenvalue weighted by molar-refractivity contribution is 5.93. The molecule has 0 radical (unpaired) electrons. The molecule has 136 valence electrons. The number of rotatable bonds is 4. The van der Waals surface area contributed by atoms with Crippen LogP contribution in [-0.4, -0.2) is 35.7 Å². The van der Waals surface area contributed by atoms with Gasteiger partial charge in [-0.05, 0) is 31.9 Å². The monoisotopic (exact) mass is 356 g/mol. The van der Waals surface area contributed by atoms with Crippen LogP contribution in [0.25, 0.3) is 6.08 Å². The first-order valence-electron chi connectivity index (χ1n) is 7.80. The number of carbonyl (C=O) groups is 2. The fourth-order valence-corrected chi connectivity index (χ4v) is 2.74. The van der Waals surface area contributed by atoms with Gasteiger partial charge in [-0.3, -0.25) is 9.59 Å². The Morgan fingerprint density at radius 3 is 2.60 bits per heavy atom. The average Bonchev–Trinajstić information content (AvgIpc) is 2.52. The van der Waals surface area contributed by atoms with E-state index in [2.05, 4.69) is 4.74 Å². The van der Waals surface area contributed by atoms with Gasteiger partial charge >= 0.3 is 6.36 Å². The lowest BCUT2D eigenvalue weighted by molar-refractivity contribution is -0.274. The molecule has 8 heteroatoms. The Morgan fingerprint density at radius 1 is 1.28 bits per heavy atom. The number of piperidine rings is 1. The maximum atomic E-state index is 12.4. The Bertz CT molecular complexity index is 673.